The highest BCUT2D eigenvalue weighted by molar-refractivity contribution is 9.10. The summed E-state index contributed by atoms with van der Waals surface area (Å²) < 4.78 is 26.2. The maximum absolute atomic E-state index is 11.9. The second kappa shape index (κ2) is 6.70. The van der Waals surface area contributed by atoms with Crippen molar-refractivity contribution < 1.29 is 13.2 Å². The molecule has 0 aromatic heterocycles. The minimum atomic E-state index is -3.82. The predicted octanol–water partition coefficient (Wildman–Crippen LogP) is 2.61. The average molecular weight is 332 g/mol. The lowest BCUT2D eigenvalue weighted by Crippen LogP contribution is -2.29. The van der Waals surface area contributed by atoms with Gasteiger partial charge in [-0.15, -0.1) is 0 Å². The molecule has 6 heteroatoms. The zero-order valence-corrected chi connectivity index (χ0v) is 12.3. The van der Waals surface area contributed by atoms with Crippen LogP contribution in [0.1, 0.15) is 19.8 Å². The van der Waals surface area contributed by atoms with Crippen molar-refractivity contribution in [2.75, 3.05) is 0 Å². The predicted molar refractivity (Wildman–Crippen MR) is 73.5 cm³/mol. The van der Waals surface area contributed by atoms with E-state index in [2.05, 4.69) is 15.9 Å². The molecule has 1 amide bonds. The number of unbranched alkanes of at least 4 members (excludes halogenated alkanes) is 1. The molecule has 0 radical (unpaired) electrons. The van der Waals surface area contributed by atoms with Gasteiger partial charge in [-0.25, -0.2) is 13.1 Å². The number of carbonyl (C=O) groups excluding carboxylic acids is 1. The highest BCUT2D eigenvalue weighted by Gasteiger charge is 2.18. The van der Waals surface area contributed by atoms with Crippen molar-refractivity contribution in [1.82, 2.24) is 4.72 Å². The van der Waals surface area contributed by atoms with E-state index in [-0.39, 0.29) is 4.90 Å². The smallest absolute Gasteiger partial charge is 0.265 e. The highest BCUT2D eigenvalue weighted by atomic mass is 79.9. The Morgan fingerprint density at radius 1 is 1.39 bits per heavy atom. The van der Waals surface area contributed by atoms with Gasteiger partial charge in [-0.3, -0.25) is 4.79 Å². The van der Waals surface area contributed by atoms with Crippen molar-refractivity contribution >= 4 is 31.9 Å². The molecule has 4 nitrogen and oxygen atoms in total. The molecule has 1 N–H and O–H groups in total. The second-order valence-corrected chi connectivity index (χ2v) is 6.10. The van der Waals surface area contributed by atoms with Crippen molar-refractivity contribution in [3.05, 3.63) is 40.9 Å². The van der Waals surface area contributed by atoms with Gasteiger partial charge < -0.3 is 0 Å². The number of halogens is 1. The summed E-state index contributed by atoms with van der Waals surface area (Å²) in [4.78, 5) is 11.5. The molecule has 0 unspecified atom stereocenters. The monoisotopic (exact) mass is 331 g/mol. The molecule has 0 fully saturated rings. The van der Waals surface area contributed by atoms with Crippen LogP contribution in [-0.2, 0) is 14.8 Å². The fourth-order valence-electron chi connectivity index (χ4n) is 1.24. The molecule has 0 aliphatic rings. The molecular weight excluding hydrogens is 318 g/mol. The zero-order valence-electron chi connectivity index (χ0n) is 9.89. The molecule has 0 bridgehead atoms. The van der Waals surface area contributed by atoms with Gasteiger partial charge in [0.15, 0.2) is 0 Å². The first-order valence-corrected chi connectivity index (χ1v) is 7.73. The van der Waals surface area contributed by atoms with E-state index in [4.69, 9.17) is 0 Å². The normalized spacial score (nSPS) is 11.7. The van der Waals surface area contributed by atoms with Crippen LogP contribution in [0.25, 0.3) is 0 Å². The Morgan fingerprint density at radius 3 is 2.67 bits per heavy atom. The summed E-state index contributed by atoms with van der Waals surface area (Å²) in [6.45, 7) is 1.97. The van der Waals surface area contributed by atoms with Gasteiger partial charge in [-0.2, -0.15) is 0 Å². The third-order valence-electron chi connectivity index (χ3n) is 2.09. The molecule has 18 heavy (non-hydrogen) atoms. The zero-order chi connectivity index (χ0) is 13.6. The number of nitrogens with one attached hydrogen (secondary N) is 1. The molecule has 0 spiro atoms. The van der Waals surface area contributed by atoms with Crippen LogP contribution in [0.4, 0.5) is 0 Å². The quantitative estimate of drug-likeness (QED) is 0.843. The molecule has 0 aliphatic carbocycles. The summed E-state index contributed by atoms with van der Waals surface area (Å²) in [6, 6.07) is 6.32. The van der Waals surface area contributed by atoms with Crippen LogP contribution >= 0.6 is 15.9 Å². The van der Waals surface area contributed by atoms with Crippen molar-refractivity contribution in [2.24, 2.45) is 0 Å². The van der Waals surface area contributed by atoms with Gasteiger partial charge in [0.05, 0.1) is 0 Å². The van der Waals surface area contributed by atoms with Crippen LogP contribution in [0.15, 0.2) is 45.8 Å². The van der Waals surface area contributed by atoms with E-state index in [1.807, 2.05) is 11.6 Å². The number of benzene rings is 1. The third kappa shape index (κ3) is 4.27. The lowest BCUT2D eigenvalue weighted by atomic mass is 10.3. The topological polar surface area (TPSA) is 63.2 Å². The van der Waals surface area contributed by atoms with Gasteiger partial charge in [0, 0.05) is 4.47 Å². The molecule has 0 aliphatic heterocycles. The van der Waals surface area contributed by atoms with Crippen molar-refractivity contribution in [3.63, 3.8) is 0 Å². The Morgan fingerprint density at radius 2 is 2.06 bits per heavy atom. The Hall–Kier alpha value is -1.14. The fraction of sp³-hybridized carbons (Fsp3) is 0.250. The minimum Gasteiger partial charge on any atom is -0.269 e. The minimum absolute atomic E-state index is 0.0437. The molecule has 98 valence electrons. The van der Waals surface area contributed by atoms with Crippen LogP contribution in [0.2, 0.25) is 0 Å². The Bertz CT molecular complexity index is 552. The lowest BCUT2D eigenvalue weighted by molar-refractivity contribution is -0.114. The molecule has 1 aromatic carbocycles. The van der Waals surface area contributed by atoms with E-state index in [1.54, 1.807) is 24.3 Å². The van der Waals surface area contributed by atoms with E-state index in [9.17, 15) is 13.2 Å². The lowest BCUT2D eigenvalue weighted by Gasteiger charge is -2.06. The Labute approximate surface area is 115 Å². The summed E-state index contributed by atoms with van der Waals surface area (Å²) in [5.74, 6) is -0.640. The van der Waals surface area contributed by atoms with Crippen LogP contribution < -0.4 is 4.72 Å². The van der Waals surface area contributed by atoms with E-state index in [1.165, 1.54) is 12.1 Å². The Kier molecular flexibility index (Phi) is 5.55. The molecule has 0 atom stereocenters. The number of sulfonamides is 1. The van der Waals surface area contributed by atoms with Crippen LogP contribution in [0.5, 0.6) is 0 Å². The van der Waals surface area contributed by atoms with Crippen LogP contribution in [-0.4, -0.2) is 14.3 Å². The van der Waals surface area contributed by atoms with E-state index >= 15 is 0 Å². The summed E-state index contributed by atoms with van der Waals surface area (Å²) in [7, 11) is -3.82. The van der Waals surface area contributed by atoms with Crippen molar-refractivity contribution in [2.45, 2.75) is 24.7 Å². The number of allylic oxidation sites excluding steroid dienone is 1. The van der Waals surface area contributed by atoms with Crippen molar-refractivity contribution in [1.29, 1.82) is 0 Å². The standard InChI is InChI=1S/C12H14BrNO3S/c1-2-3-4-9-12(15)14-18(16,17)11-8-6-5-7-10(11)13/h4-9H,2-3H2,1H3,(H,14,15)/b9-4+. The first kappa shape index (κ1) is 14.9. The summed E-state index contributed by atoms with van der Waals surface area (Å²) in [6.07, 6.45) is 4.52. The van der Waals surface area contributed by atoms with E-state index < -0.39 is 15.9 Å². The van der Waals surface area contributed by atoms with Crippen LogP contribution in [0.3, 0.4) is 0 Å². The van der Waals surface area contributed by atoms with E-state index in [0.717, 1.165) is 12.8 Å². The van der Waals surface area contributed by atoms with Gasteiger partial charge in [0.25, 0.3) is 15.9 Å². The molecule has 0 heterocycles. The first-order valence-electron chi connectivity index (χ1n) is 5.45. The number of hydrogen-bond acceptors (Lipinski definition) is 3. The molecule has 0 saturated carbocycles. The van der Waals surface area contributed by atoms with Gasteiger partial charge >= 0.3 is 0 Å². The van der Waals surface area contributed by atoms with E-state index in [0.29, 0.717) is 4.47 Å². The van der Waals surface area contributed by atoms with Crippen LogP contribution in [0, 0.1) is 0 Å². The van der Waals surface area contributed by atoms with Gasteiger partial charge in [-0.1, -0.05) is 31.6 Å². The maximum atomic E-state index is 11.9. The summed E-state index contributed by atoms with van der Waals surface area (Å²) >= 11 is 3.14. The number of rotatable bonds is 5. The SMILES string of the molecule is CCC/C=C/C(=O)NS(=O)(=O)c1ccccc1Br. The van der Waals surface area contributed by atoms with Gasteiger partial charge in [-0.05, 0) is 40.6 Å². The third-order valence-corrected chi connectivity index (χ3v) is 4.44. The average Bonchev–Trinajstić information content (AvgIpc) is 2.29. The summed E-state index contributed by atoms with van der Waals surface area (Å²) in [5.41, 5.74) is 0. The Balaban J connectivity index is 2.84. The fourth-order valence-corrected chi connectivity index (χ4v) is 3.19. The number of carbonyl (C=O) groups is 1. The van der Waals surface area contributed by atoms with Gasteiger partial charge in [0.2, 0.25) is 0 Å². The van der Waals surface area contributed by atoms with Crippen molar-refractivity contribution in [3.8, 4) is 0 Å². The molecule has 1 rings (SSSR count). The van der Waals surface area contributed by atoms with Gasteiger partial charge in [0.1, 0.15) is 4.90 Å². The number of hydrogen-bond donors (Lipinski definition) is 1. The molecule has 0 saturated heterocycles. The maximum Gasteiger partial charge on any atom is 0.265 e. The molecular formula is C12H14BrNO3S. The second-order valence-electron chi connectivity index (χ2n) is 3.59. The summed E-state index contributed by atoms with van der Waals surface area (Å²) in [5, 5.41) is 0. The number of amides is 1. The first-order chi connectivity index (χ1) is 8.47. The molecule has 1 aromatic rings. The largest absolute Gasteiger partial charge is 0.269 e. The highest BCUT2D eigenvalue weighted by Crippen LogP contribution is 2.20.